The molecule has 2 aromatic rings. The zero-order valence-corrected chi connectivity index (χ0v) is 17.8. The molecular formula is C23H28N2O3S. The number of hydrogen-bond donors (Lipinski definition) is 2. The Kier molecular flexibility index (Phi) is 9.18. The van der Waals surface area contributed by atoms with Crippen LogP contribution in [0.3, 0.4) is 0 Å². The van der Waals surface area contributed by atoms with Crippen LogP contribution in [0.15, 0.2) is 60.7 Å². The fourth-order valence-corrected chi connectivity index (χ4v) is 2.66. The summed E-state index contributed by atoms with van der Waals surface area (Å²) in [5.74, 6) is 1.17. The van der Waals surface area contributed by atoms with Crippen LogP contribution >= 0.6 is 12.2 Å². The third kappa shape index (κ3) is 8.35. The van der Waals surface area contributed by atoms with E-state index in [1.807, 2.05) is 31.2 Å². The van der Waals surface area contributed by atoms with Crippen molar-refractivity contribution in [3.05, 3.63) is 66.2 Å². The van der Waals surface area contributed by atoms with E-state index in [1.165, 1.54) is 0 Å². The largest absolute Gasteiger partial charge is 0.494 e. The lowest BCUT2D eigenvalue weighted by molar-refractivity contribution is 0.0977. The quantitative estimate of drug-likeness (QED) is 0.313. The number of benzene rings is 2. The molecule has 2 rings (SSSR count). The van der Waals surface area contributed by atoms with E-state index in [2.05, 4.69) is 24.1 Å². The van der Waals surface area contributed by atoms with Crippen molar-refractivity contribution in [1.82, 2.24) is 5.32 Å². The van der Waals surface area contributed by atoms with Gasteiger partial charge in [-0.3, -0.25) is 10.1 Å². The van der Waals surface area contributed by atoms with E-state index in [4.69, 9.17) is 21.7 Å². The lowest BCUT2D eigenvalue weighted by atomic mass is 10.2. The summed E-state index contributed by atoms with van der Waals surface area (Å²) >= 11 is 5.25. The van der Waals surface area contributed by atoms with Gasteiger partial charge in [0.2, 0.25) is 0 Å². The molecule has 0 spiro atoms. The minimum Gasteiger partial charge on any atom is -0.494 e. The van der Waals surface area contributed by atoms with Crippen LogP contribution in [0.5, 0.6) is 11.5 Å². The predicted molar refractivity (Wildman–Crippen MR) is 122 cm³/mol. The van der Waals surface area contributed by atoms with Crippen molar-refractivity contribution in [3.8, 4) is 11.5 Å². The monoisotopic (exact) mass is 412 g/mol. The molecule has 5 nitrogen and oxygen atoms in total. The van der Waals surface area contributed by atoms with Crippen molar-refractivity contribution in [1.29, 1.82) is 0 Å². The average molecular weight is 413 g/mol. The fraction of sp³-hybridized carbons (Fsp3) is 0.304. The third-order valence-corrected chi connectivity index (χ3v) is 4.14. The number of rotatable bonds is 10. The van der Waals surface area contributed by atoms with Gasteiger partial charge in [0.25, 0.3) is 5.91 Å². The molecule has 0 saturated heterocycles. The minimum atomic E-state index is -0.283. The van der Waals surface area contributed by atoms with Crippen LogP contribution in [0.1, 0.15) is 43.5 Å². The van der Waals surface area contributed by atoms with E-state index in [9.17, 15) is 4.79 Å². The first-order valence-corrected chi connectivity index (χ1v) is 10.1. The molecule has 0 aromatic heterocycles. The van der Waals surface area contributed by atoms with Gasteiger partial charge < -0.3 is 14.8 Å². The second-order valence-electron chi connectivity index (χ2n) is 6.76. The molecule has 0 unspecified atom stereocenters. The van der Waals surface area contributed by atoms with Gasteiger partial charge >= 0.3 is 0 Å². The van der Waals surface area contributed by atoms with Crippen LogP contribution in [0.25, 0.3) is 0 Å². The Morgan fingerprint density at radius 1 is 1.07 bits per heavy atom. The molecule has 0 radical (unpaired) electrons. The second kappa shape index (κ2) is 11.9. The summed E-state index contributed by atoms with van der Waals surface area (Å²) in [6, 6.07) is 14.4. The Morgan fingerprint density at radius 2 is 1.83 bits per heavy atom. The van der Waals surface area contributed by atoms with Crippen LogP contribution in [0, 0.1) is 0 Å². The van der Waals surface area contributed by atoms with Gasteiger partial charge in [-0.2, -0.15) is 0 Å². The van der Waals surface area contributed by atoms with Gasteiger partial charge in [-0.1, -0.05) is 32.4 Å². The number of nitrogens with one attached hydrogen (secondary N) is 2. The highest BCUT2D eigenvalue weighted by molar-refractivity contribution is 7.80. The summed E-state index contributed by atoms with van der Waals surface area (Å²) in [5.41, 5.74) is 2.17. The molecule has 2 N–H and O–H groups in total. The number of hydrogen-bond acceptors (Lipinski definition) is 4. The van der Waals surface area contributed by atoms with Crippen LogP contribution in [0.2, 0.25) is 0 Å². The molecule has 1 amide bonds. The number of thiocarbonyl (C=S) groups is 1. The van der Waals surface area contributed by atoms with Crippen LogP contribution in [-0.4, -0.2) is 24.2 Å². The molecule has 0 atom stereocenters. The van der Waals surface area contributed by atoms with E-state index in [0.717, 1.165) is 36.3 Å². The molecule has 154 valence electrons. The standard InChI is InChI=1S/C23H28N2O3S/c1-4-5-6-14-27-20-12-10-18(11-13-20)22(26)25-23(29)24-19-8-7-9-21(15-19)28-16-17(2)3/h7-13,15H,2,4-6,14,16H2,1,3H3,(H2,24,25,26,29). The van der Waals surface area contributed by atoms with Crippen LogP contribution in [0.4, 0.5) is 5.69 Å². The van der Waals surface area contributed by atoms with E-state index in [-0.39, 0.29) is 11.0 Å². The Hall–Kier alpha value is -2.86. The van der Waals surface area contributed by atoms with E-state index in [1.54, 1.807) is 24.3 Å². The van der Waals surface area contributed by atoms with Crippen molar-refractivity contribution in [2.24, 2.45) is 0 Å². The van der Waals surface area contributed by atoms with Crippen LogP contribution < -0.4 is 20.1 Å². The number of ether oxygens (including phenoxy) is 2. The number of carbonyl (C=O) groups is 1. The van der Waals surface area contributed by atoms with Crippen LogP contribution in [-0.2, 0) is 0 Å². The Labute approximate surface area is 178 Å². The molecule has 0 saturated carbocycles. The molecule has 0 aliphatic carbocycles. The molecule has 2 aromatic carbocycles. The molecule has 0 aliphatic heterocycles. The Balaban J connectivity index is 1.85. The summed E-state index contributed by atoms with van der Waals surface area (Å²) in [4.78, 5) is 12.4. The van der Waals surface area contributed by atoms with Crippen molar-refractivity contribution in [3.63, 3.8) is 0 Å². The lowest BCUT2D eigenvalue weighted by Gasteiger charge is -2.12. The highest BCUT2D eigenvalue weighted by Gasteiger charge is 2.09. The fourth-order valence-electron chi connectivity index (χ4n) is 2.45. The smallest absolute Gasteiger partial charge is 0.257 e. The molecule has 6 heteroatoms. The maximum absolute atomic E-state index is 12.4. The van der Waals surface area contributed by atoms with Crippen molar-refractivity contribution in [2.45, 2.75) is 33.1 Å². The molecular weight excluding hydrogens is 384 g/mol. The maximum atomic E-state index is 12.4. The topological polar surface area (TPSA) is 59.6 Å². The van der Waals surface area contributed by atoms with E-state index >= 15 is 0 Å². The number of carbonyl (C=O) groups excluding carboxylic acids is 1. The molecule has 0 bridgehead atoms. The number of amides is 1. The van der Waals surface area contributed by atoms with E-state index in [0.29, 0.717) is 24.5 Å². The summed E-state index contributed by atoms with van der Waals surface area (Å²) < 4.78 is 11.3. The normalized spacial score (nSPS) is 10.1. The van der Waals surface area contributed by atoms with E-state index < -0.39 is 0 Å². The molecule has 29 heavy (non-hydrogen) atoms. The summed E-state index contributed by atoms with van der Waals surface area (Å²) in [6.07, 6.45) is 3.33. The summed E-state index contributed by atoms with van der Waals surface area (Å²) in [7, 11) is 0. The highest BCUT2D eigenvalue weighted by atomic mass is 32.1. The van der Waals surface area contributed by atoms with Crippen molar-refractivity contribution in [2.75, 3.05) is 18.5 Å². The molecule has 0 fully saturated rings. The lowest BCUT2D eigenvalue weighted by Crippen LogP contribution is -2.34. The third-order valence-electron chi connectivity index (χ3n) is 3.94. The van der Waals surface area contributed by atoms with Gasteiger partial charge in [-0.15, -0.1) is 0 Å². The van der Waals surface area contributed by atoms with Gasteiger partial charge in [-0.05, 0) is 67.5 Å². The van der Waals surface area contributed by atoms with Gasteiger partial charge in [0, 0.05) is 17.3 Å². The SMILES string of the molecule is C=C(C)COc1cccc(NC(=S)NC(=O)c2ccc(OCCCCC)cc2)c1. The van der Waals surface area contributed by atoms with Crippen molar-refractivity contribution >= 4 is 28.9 Å². The van der Waals surface area contributed by atoms with Gasteiger partial charge in [-0.25, -0.2) is 0 Å². The first-order chi connectivity index (χ1) is 14.0. The zero-order valence-electron chi connectivity index (χ0n) is 17.0. The average Bonchev–Trinajstić information content (AvgIpc) is 2.70. The Bertz CT molecular complexity index is 834. The second-order valence-corrected chi connectivity index (χ2v) is 7.17. The first-order valence-electron chi connectivity index (χ1n) is 9.70. The minimum absolute atomic E-state index is 0.215. The number of unbranched alkanes of at least 4 members (excludes halogenated alkanes) is 2. The summed E-state index contributed by atoms with van der Waals surface area (Å²) in [6.45, 7) is 9.00. The summed E-state index contributed by atoms with van der Waals surface area (Å²) in [5, 5.41) is 5.89. The highest BCUT2D eigenvalue weighted by Crippen LogP contribution is 2.18. The maximum Gasteiger partial charge on any atom is 0.257 e. The zero-order chi connectivity index (χ0) is 21.1. The molecule has 0 heterocycles. The molecule has 0 aliphatic rings. The Morgan fingerprint density at radius 3 is 2.52 bits per heavy atom. The van der Waals surface area contributed by atoms with Gasteiger partial charge in [0.15, 0.2) is 5.11 Å². The first kappa shape index (κ1) is 22.4. The van der Waals surface area contributed by atoms with Gasteiger partial charge in [0.1, 0.15) is 18.1 Å². The predicted octanol–water partition coefficient (Wildman–Crippen LogP) is 5.34. The van der Waals surface area contributed by atoms with Crippen molar-refractivity contribution < 1.29 is 14.3 Å². The van der Waals surface area contributed by atoms with Gasteiger partial charge in [0.05, 0.1) is 6.61 Å². The number of anilines is 1.